The molecule has 3 aromatic carbocycles. The zero-order chi connectivity index (χ0) is 25.4. The number of aryl methyl sites for hydroxylation is 2. The molecule has 3 aromatic rings. The Morgan fingerprint density at radius 3 is 2.40 bits per heavy atom. The molecule has 0 aliphatic carbocycles. The molecule has 0 atom stereocenters. The third kappa shape index (κ3) is 7.55. The Labute approximate surface area is 207 Å². The van der Waals surface area contributed by atoms with Gasteiger partial charge in [0.15, 0.2) is 11.5 Å². The van der Waals surface area contributed by atoms with Gasteiger partial charge in [0, 0.05) is 11.3 Å². The predicted molar refractivity (Wildman–Crippen MR) is 134 cm³/mol. The number of benzene rings is 3. The van der Waals surface area contributed by atoms with Crippen molar-refractivity contribution in [2.45, 2.75) is 27.4 Å². The number of nitrogens with zero attached hydrogens (tertiary/aromatic N) is 1. The molecule has 35 heavy (non-hydrogen) atoms. The minimum atomic E-state index is -0.901. The van der Waals surface area contributed by atoms with Crippen molar-refractivity contribution >= 4 is 35.3 Å². The number of hydrogen-bond acceptors (Lipinski definition) is 5. The van der Waals surface area contributed by atoms with Crippen molar-refractivity contribution in [1.29, 1.82) is 0 Å². The molecule has 9 heteroatoms. The van der Waals surface area contributed by atoms with Crippen LogP contribution in [0.3, 0.4) is 0 Å². The highest BCUT2D eigenvalue weighted by Crippen LogP contribution is 2.30. The molecule has 7 nitrogen and oxygen atoms in total. The fourth-order valence-electron chi connectivity index (χ4n) is 3.24. The van der Waals surface area contributed by atoms with Crippen LogP contribution in [0, 0.1) is 19.7 Å². The lowest BCUT2D eigenvalue weighted by atomic mass is 10.1. The molecule has 0 aliphatic rings. The number of amides is 2. The van der Waals surface area contributed by atoms with Gasteiger partial charge in [-0.25, -0.2) is 9.82 Å². The molecule has 0 saturated carbocycles. The van der Waals surface area contributed by atoms with Gasteiger partial charge in [-0.1, -0.05) is 23.7 Å². The van der Waals surface area contributed by atoms with E-state index in [0.29, 0.717) is 34.9 Å². The van der Waals surface area contributed by atoms with Crippen molar-refractivity contribution in [2.24, 2.45) is 5.10 Å². The number of nitrogens with one attached hydrogen (secondary N) is 2. The number of carbonyl (C=O) groups is 2. The summed E-state index contributed by atoms with van der Waals surface area (Å²) in [4.78, 5) is 24.2. The first-order chi connectivity index (χ1) is 16.7. The monoisotopic (exact) mass is 497 g/mol. The lowest BCUT2D eigenvalue weighted by molar-refractivity contribution is -0.136. The molecule has 0 radical (unpaired) electrons. The van der Waals surface area contributed by atoms with Crippen LogP contribution in [0.15, 0.2) is 59.7 Å². The predicted octanol–water partition coefficient (Wildman–Crippen LogP) is 5.16. The van der Waals surface area contributed by atoms with Gasteiger partial charge in [0.25, 0.3) is 0 Å². The van der Waals surface area contributed by atoms with Gasteiger partial charge < -0.3 is 14.8 Å². The van der Waals surface area contributed by atoms with Gasteiger partial charge in [-0.3, -0.25) is 9.59 Å². The summed E-state index contributed by atoms with van der Waals surface area (Å²) in [7, 11) is 0. The first kappa shape index (κ1) is 25.7. The van der Waals surface area contributed by atoms with E-state index in [1.54, 1.807) is 36.4 Å². The Morgan fingerprint density at radius 2 is 1.71 bits per heavy atom. The summed E-state index contributed by atoms with van der Waals surface area (Å²) < 4.78 is 24.7. The highest BCUT2D eigenvalue weighted by atomic mass is 35.5. The number of rotatable bonds is 8. The van der Waals surface area contributed by atoms with Crippen LogP contribution in [-0.4, -0.2) is 24.6 Å². The van der Waals surface area contributed by atoms with E-state index in [1.807, 2.05) is 26.8 Å². The Bertz CT molecular complexity index is 1240. The van der Waals surface area contributed by atoms with E-state index in [9.17, 15) is 14.0 Å². The Kier molecular flexibility index (Phi) is 8.80. The van der Waals surface area contributed by atoms with Gasteiger partial charge in [0.1, 0.15) is 12.4 Å². The molecule has 2 amide bonds. The van der Waals surface area contributed by atoms with Gasteiger partial charge in [0.05, 0.1) is 17.8 Å². The molecule has 0 aliphatic heterocycles. The minimum absolute atomic E-state index is 0.123. The number of halogens is 2. The van der Waals surface area contributed by atoms with Crippen molar-refractivity contribution in [3.05, 3.63) is 87.7 Å². The summed E-state index contributed by atoms with van der Waals surface area (Å²) in [6, 6.07) is 14.6. The van der Waals surface area contributed by atoms with Crippen molar-refractivity contribution in [2.75, 3.05) is 11.9 Å². The summed E-state index contributed by atoms with van der Waals surface area (Å²) in [5.74, 6) is -1.24. The average molecular weight is 498 g/mol. The Balaban J connectivity index is 1.61. The Morgan fingerprint density at radius 1 is 0.971 bits per heavy atom. The lowest BCUT2D eigenvalue weighted by Gasteiger charge is -2.13. The van der Waals surface area contributed by atoms with Crippen LogP contribution in [0.5, 0.6) is 11.5 Å². The van der Waals surface area contributed by atoms with Crippen molar-refractivity contribution in [3.8, 4) is 11.5 Å². The van der Waals surface area contributed by atoms with Gasteiger partial charge in [-0.2, -0.15) is 5.10 Å². The van der Waals surface area contributed by atoms with Crippen molar-refractivity contribution < 1.29 is 23.5 Å². The van der Waals surface area contributed by atoms with Gasteiger partial charge in [0.2, 0.25) is 0 Å². The molecule has 0 bridgehead atoms. The molecule has 182 valence electrons. The minimum Gasteiger partial charge on any atom is -0.490 e. The highest BCUT2D eigenvalue weighted by molar-refractivity contribution is 6.39. The molecule has 0 heterocycles. The standard InChI is InChI=1S/C26H25ClFN3O4/c1-4-34-24-12-18(5-8-23(24)35-15-19-6-7-20(28)13-22(19)27)14-29-31-26(33)25(32)30-21-10-16(2)9-17(3)11-21/h5-14H,4,15H2,1-3H3,(H,30,32)(H,31,33). The van der Waals surface area contributed by atoms with Crippen LogP contribution in [-0.2, 0) is 16.2 Å². The zero-order valence-corrected chi connectivity index (χ0v) is 20.3. The number of carbonyl (C=O) groups excluding carboxylic acids is 2. The van der Waals surface area contributed by atoms with E-state index in [0.717, 1.165) is 11.1 Å². The smallest absolute Gasteiger partial charge is 0.329 e. The summed E-state index contributed by atoms with van der Waals surface area (Å²) >= 11 is 6.05. The third-order valence-electron chi connectivity index (χ3n) is 4.73. The van der Waals surface area contributed by atoms with Crippen molar-refractivity contribution in [1.82, 2.24) is 5.43 Å². The summed E-state index contributed by atoms with van der Waals surface area (Å²) in [5.41, 5.74) is 5.91. The SMILES string of the molecule is CCOc1cc(C=NNC(=O)C(=O)Nc2cc(C)cc(C)c2)ccc1OCc1ccc(F)cc1Cl. The van der Waals surface area contributed by atoms with E-state index in [4.69, 9.17) is 21.1 Å². The second-order valence-electron chi connectivity index (χ2n) is 7.69. The zero-order valence-electron chi connectivity index (χ0n) is 19.5. The fraction of sp³-hybridized carbons (Fsp3) is 0.192. The van der Waals surface area contributed by atoms with E-state index in [2.05, 4.69) is 15.8 Å². The lowest BCUT2D eigenvalue weighted by Crippen LogP contribution is -2.32. The van der Waals surface area contributed by atoms with Crippen LogP contribution in [0.4, 0.5) is 10.1 Å². The fourth-order valence-corrected chi connectivity index (χ4v) is 3.46. The van der Waals surface area contributed by atoms with Crippen molar-refractivity contribution in [3.63, 3.8) is 0 Å². The molecular formula is C26H25ClFN3O4. The van der Waals surface area contributed by atoms with E-state index in [-0.39, 0.29) is 11.6 Å². The van der Waals surface area contributed by atoms with Crippen LogP contribution < -0.4 is 20.2 Å². The topological polar surface area (TPSA) is 89.0 Å². The maximum atomic E-state index is 13.2. The van der Waals surface area contributed by atoms with Gasteiger partial charge >= 0.3 is 11.8 Å². The van der Waals surface area contributed by atoms with Crippen LogP contribution in [0.25, 0.3) is 0 Å². The van der Waals surface area contributed by atoms with Gasteiger partial charge in [-0.05, 0) is 79.9 Å². The first-order valence-corrected chi connectivity index (χ1v) is 11.2. The molecule has 2 N–H and O–H groups in total. The molecule has 0 fully saturated rings. The molecule has 0 saturated heterocycles. The van der Waals surface area contributed by atoms with Gasteiger partial charge in [-0.15, -0.1) is 0 Å². The molecule has 3 rings (SSSR count). The van der Waals surface area contributed by atoms with E-state index < -0.39 is 17.6 Å². The normalized spacial score (nSPS) is 10.8. The average Bonchev–Trinajstić information content (AvgIpc) is 2.79. The molecular weight excluding hydrogens is 473 g/mol. The molecule has 0 spiro atoms. The summed E-state index contributed by atoms with van der Waals surface area (Å²) in [6.07, 6.45) is 1.38. The maximum absolute atomic E-state index is 13.2. The van der Waals surface area contributed by atoms with E-state index in [1.165, 1.54) is 18.3 Å². The highest BCUT2D eigenvalue weighted by Gasteiger charge is 2.13. The Hall–Kier alpha value is -3.91. The van der Waals surface area contributed by atoms with E-state index >= 15 is 0 Å². The van der Waals surface area contributed by atoms with Crippen LogP contribution in [0.1, 0.15) is 29.2 Å². The molecule has 0 aromatic heterocycles. The second kappa shape index (κ2) is 12.0. The first-order valence-electron chi connectivity index (χ1n) is 10.8. The largest absolute Gasteiger partial charge is 0.490 e. The number of hydrazone groups is 1. The summed E-state index contributed by atoms with van der Waals surface area (Å²) in [5, 5.41) is 6.66. The second-order valence-corrected chi connectivity index (χ2v) is 8.10. The molecule has 0 unspecified atom stereocenters. The number of hydrogen-bond donors (Lipinski definition) is 2. The van der Waals surface area contributed by atoms with Crippen LogP contribution in [0.2, 0.25) is 5.02 Å². The third-order valence-corrected chi connectivity index (χ3v) is 5.08. The quantitative estimate of drug-likeness (QED) is 0.255. The number of anilines is 1. The van der Waals surface area contributed by atoms with Crippen LogP contribution >= 0.6 is 11.6 Å². The maximum Gasteiger partial charge on any atom is 0.329 e. The number of ether oxygens (including phenoxy) is 2. The summed E-state index contributed by atoms with van der Waals surface area (Å²) in [6.45, 7) is 6.15.